The summed E-state index contributed by atoms with van der Waals surface area (Å²) in [5, 5.41) is 4.12. The lowest BCUT2D eigenvalue weighted by Gasteiger charge is -2.42. The Morgan fingerprint density at radius 2 is 1.95 bits per heavy atom. The van der Waals surface area contributed by atoms with Crippen LogP contribution in [-0.4, -0.2) is 37.7 Å². The van der Waals surface area contributed by atoms with Gasteiger partial charge in [-0.3, -0.25) is 4.90 Å². The number of benzene rings is 1. The molecule has 112 valence electrons. The normalized spacial score (nSPS) is 18.2. The van der Waals surface area contributed by atoms with Crippen LogP contribution in [0.2, 0.25) is 5.02 Å². The van der Waals surface area contributed by atoms with E-state index in [9.17, 15) is 0 Å². The summed E-state index contributed by atoms with van der Waals surface area (Å²) in [6, 6.07) is 6.29. The molecular formula is C16H25ClN2O. The average molecular weight is 297 g/mol. The number of likely N-dealkylation sites (tertiary alicyclic amines) is 1. The maximum Gasteiger partial charge on any atom is 0.137 e. The Hall–Kier alpha value is -0.770. The molecule has 0 aliphatic carbocycles. The number of hydrogen-bond acceptors (Lipinski definition) is 3. The van der Waals surface area contributed by atoms with Crippen molar-refractivity contribution in [3.8, 4) is 5.75 Å². The summed E-state index contributed by atoms with van der Waals surface area (Å²) in [6.45, 7) is 6.97. The molecule has 3 nitrogen and oxygen atoms in total. The summed E-state index contributed by atoms with van der Waals surface area (Å²) in [6.07, 6.45) is 2.59. The molecule has 0 radical (unpaired) electrons. The number of nitrogens with one attached hydrogen (secondary N) is 1. The number of hydrogen-bond donors (Lipinski definition) is 1. The van der Waals surface area contributed by atoms with Crippen LogP contribution in [0.5, 0.6) is 5.75 Å². The van der Waals surface area contributed by atoms with Gasteiger partial charge in [0.25, 0.3) is 0 Å². The zero-order valence-electron chi connectivity index (χ0n) is 12.9. The van der Waals surface area contributed by atoms with Gasteiger partial charge in [-0.25, -0.2) is 0 Å². The van der Waals surface area contributed by atoms with Crippen molar-refractivity contribution in [2.45, 2.75) is 38.3 Å². The van der Waals surface area contributed by atoms with E-state index in [0.29, 0.717) is 5.02 Å². The highest BCUT2D eigenvalue weighted by molar-refractivity contribution is 6.32. The van der Waals surface area contributed by atoms with Crippen molar-refractivity contribution in [1.29, 1.82) is 0 Å². The first kappa shape index (κ1) is 15.6. The fraction of sp³-hybridized carbons (Fsp3) is 0.625. The summed E-state index contributed by atoms with van der Waals surface area (Å²) < 4.78 is 5.35. The Morgan fingerprint density at radius 3 is 2.50 bits per heavy atom. The third kappa shape index (κ3) is 2.95. The second kappa shape index (κ2) is 6.33. The topological polar surface area (TPSA) is 24.5 Å². The first-order chi connectivity index (χ1) is 9.50. The highest BCUT2D eigenvalue weighted by atomic mass is 35.5. The summed E-state index contributed by atoms with van der Waals surface area (Å²) in [5.41, 5.74) is 1.27. The van der Waals surface area contributed by atoms with Gasteiger partial charge < -0.3 is 10.1 Å². The number of likely N-dealkylation sites (N-methyl/N-ethyl adjacent to an activating group) is 1. The lowest BCUT2D eigenvalue weighted by atomic mass is 9.87. The monoisotopic (exact) mass is 296 g/mol. The first-order valence-electron chi connectivity index (χ1n) is 7.26. The van der Waals surface area contributed by atoms with Crippen LogP contribution >= 0.6 is 11.6 Å². The molecule has 1 aliphatic rings. The molecule has 0 bridgehead atoms. The van der Waals surface area contributed by atoms with E-state index >= 15 is 0 Å². The van der Waals surface area contributed by atoms with Gasteiger partial charge in [0.1, 0.15) is 5.75 Å². The number of rotatable bonds is 5. The third-order valence-corrected chi connectivity index (χ3v) is 4.74. The summed E-state index contributed by atoms with van der Waals surface area (Å²) in [5.74, 6) is 0.738. The van der Waals surface area contributed by atoms with Crippen molar-refractivity contribution < 1.29 is 4.74 Å². The van der Waals surface area contributed by atoms with Crippen LogP contribution < -0.4 is 10.1 Å². The molecule has 0 saturated carbocycles. The van der Waals surface area contributed by atoms with Crippen LogP contribution in [0.4, 0.5) is 0 Å². The van der Waals surface area contributed by atoms with Gasteiger partial charge in [0.2, 0.25) is 0 Å². The Balaban J connectivity index is 2.31. The predicted molar refractivity (Wildman–Crippen MR) is 84.7 cm³/mol. The zero-order chi connectivity index (χ0) is 14.8. The Bertz CT molecular complexity index is 456. The molecule has 1 N–H and O–H groups in total. The van der Waals surface area contributed by atoms with Crippen molar-refractivity contribution in [1.82, 2.24) is 10.2 Å². The molecule has 1 saturated heterocycles. The molecule has 4 heteroatoms. The average Bonchev–Trinajstić information content (AvgIpc) is 2.96. The molecule has 1 aliphatic heterocycles. The standard InChI is InChI=1S/C16H25ClN2O/c1-16(2,19-9-5-6-10-19)15(18-3)12-7-8-13(17)14(11-12)20-4/h7-8,11,15,18H,5-6,9-10H2,1-4H3. The zero-order valence-corrected chi connectivity index (χ0v) is 13.6. The molecule has 1 fully saturated rings. The van der Waals surface area contributed by atoms with Gasteiger partial charge in [-0.05, 0) is 64.5 Å². The lowest BCUT2D eigenvalue weighted by molar-refractivity contribution is 0.110. The SMILES string of the molecule is CNC(c1ccc(Cl)c(OC)c1)C(C)(C)N1CCCC1. The lowest BCUT2D eigenvalue weighted by Crippen LogP contribution is -2.50. The van der Waals surface area contributed by atoms with Crippen LogP contribution in [-0.2, 0) is 0 Å². The van der Waals surface area contributed by atoms with Crippen LogP contribution in [0, 0.1) is 0 Å². The molecule has 1 heterocycles. The van der Waals surface area contributed by atoms with Crippen molar-refractivity contribution in [2.75, 3.05) is 27.2 Å². The van der Waals surface area contributed by atoms with E-state index in [1.165, 1.54) is 31.5 Å². The fourth-order valence-electron chi connectivity index (χ4n) is 3.26. The molecule has 1 unspecified atom stereocenters. The minimum absolute atomic E-state index is 0.0596. The maximum absolute atomic E-state index is 6.13. The molecule has 1 atom stereocenters. The van der Waals surface area contributed by atoms with Crippen molar-refractivity contribution >= 4 is 11.6 Å². The van der Waals surface area contributed by atoms with Gasteiger partial charge in [-0.1, -0.05) is 17.7 Å². The van der Waals surface area contributed by atoms with Gasteiger partial charge in [-0.2, -0.15) is 0 Å². The summed E-state index contributed by atoms with van der Waals surface area (Å²) in [4.78, 5) is 2.56. The van der Waals surface area contributed by atoms with Crippen molar-refractivity contribution in [3.63, 3.8) is 0 Å². The largest absolute Gasteiger partial charge is 0.495 e. The predicted octanol–water partition coefficient (Wildman–Crippen LogP) is 3.48. The second-order valence-corrected chi connectivity index (χ2v) is 6.37. The van der Waals surface area contributed by atoms with Crippen LogP contribution in [0.15, 0.2) is 18.2 Å². The van der Waals surface area contributed by atoms with E-state index < -0.39 is 0 Å². The molecular weight excluding hydrogens is 272 g/mol. The van der Waals surface area contributed by atoms with E-state index in [0.717, 1.165) is 5.75 Å². The molecule has 1 aromatic rings. The quantitative estimate of drug-likeness (QED) is 0.900. The first-order valence-corrected chi connectivity index (χ1v) is 7.64. The summed E-state index contributed by atoms with van der Waals surface area (Å²) in [7, 11) is 3.68. The molecule has 0 aromatic heterocycles. The Kier molecular flexibility index (Phi) is 4.95. The third-order valence-electron chi connectivity index (χ3n) is 4.42. The number of ether oxygens (including phenoxy) is 1. The van der Waals surface area contributed by atoms with E-state index in [1.807, 2.05) is 19.2 Å². The van der Waals surface area contributed by atoms with Crippen molar-refractivity contribution in [3.05, 3.63) is 28.8 Å². The molecule has 0 spiro atoms. The smallest absolute Gasteiger partial charge is 0.137 e. The number of nitrogens with zero attached hydrogens (tertiary/aromatic N) is 1. The van der Waals surface area contributed by atoms with Gasteiger partial charge in [0.05, 0.1) is 18.2 Å². The van der Waals surface area contributed by atoms with Gasteiger partial charge in [0, 0.05) is 5.54 Å². The Labute approximate surface area is 127 Å². The Morgan fingerprint density at radius 1 is 1.30 bits per heavy atom. The number of halogens is 1. The van der Waals surface area contributed by atoms with Gasteiger partial charge in [0.15, 0.2) is 0 Å². The van der Waals surface area contributed by atoms with E-state index in [2.05, 4.69) is 30.1 Å². The molecule has 0 amide bonds. The van der Waals surface area contributed by atoms with Crippen LogP contribution in [0.1, 0.15) is 38.3 Å². The van der Waals surface area contributed by atoms with E-state index in [1.54, 1.807) is 7.11 Å². The highest BCUT2D eigenvalue weighted by Crippen LogP contribution is 2.36. The van der Waals surface area contributed by atoms with Gasteiger partial charge >= 0.3 is 0 Å². The van der Waals surface area contributed by atoms with E-state index in [-0.39, 0.29) is 11.6 Å². The molecule has 20 heavy (non-hydrogen) atoms. The minimum atomic E-state index is 0.0596. The fourth-order valence-corrected chi connectivity index (χ4v) is 3.45. The number of methoxy groups -OCH3 is 1. The van der Waals surface area contributed by atoms with Crippen LogP contribution in [0.25, 0.3) is 0 Å². The summed E-state index contributed by atoms with van der Waals surface area (Å²) >= 11 is 6.13. The molecule has 2 rings (SSSR count). The highest BCUT2D eigenvalue weighted by Gasteiger charge is 2.37. The van der Waals surface area contributed by atoms with Crippen LogP contribution in [0.3, 0.4) is 0 Å². The van der Waals surface area contributed by atoms with Gasteiger partial charge in [-0.15, -0.1) is 0 Å². The molecule has 1 aromatic carbocycles. The van der Waals surface area contributed by atoms with E-state index in [4.69, 9.17) is 16.3 Å². The minimum Gasteiger partial charge on any atom is -0.495 e. The van der Waals surface area contributed by atoms with Crippen molar-refractivity contribution in [2.24, 2.45) is 0 Å². The maximum atomic E-state index is 6.13. The second-order valence-electron chi connectivity index (χ2n) is 5.96.